The molecule has 0 spiro atoms. The number of imidazole rings is 1. The average molecular weight is 286 g/mol. The Morgan fingerprint density at radius 3 is 2.62 bits per heavy atom. The summed E-state index contributed by atoms with van der Waals surface area (Å²) in [6, 6.07) is 5.11. The molecule has 3 N–H and O–H groups in total. The van der Waals surface area contributed by atoms with Crippen LogP contribution in [0.5, 0.6) is 0 Å². The molecule has 1 amide bonds. The van der Waals surface area contributed by atoms with Crippen molar-refractivity contribution in [1.29, 1.82) is 0 Å². The van der Waals surface area contributed by atoms with Crippen molar-refractivity contribution < 1.29 is 14.7 Å². The van der Waals surface area contributed by atoms with Crippen molar-refractivity contribution in [2.45, 2.75) is 24.8 Å². The van der Waals surface area contributed by atoms with Crippen LogP contribution >= 0.6 is 0 Å². The van der Waals surface area contributed by atoms with Gasteiger partial charge in [-0.3, -0.25) is 9.78 Å². The maximum Gasteiger partial charge on any atom is 0.353 e. The zero-order valence-corrected chi connectivity index (χ0v) is 11.2. The standard InChI is InChI=1S/C14H14N4O3/c19-11(9-4-1-2-7-15-9)18-14(5-3-6-14)13-16-8-10(17-13)12(20)21/h1-2,4,7-8H,3,5-6H2,(H,16,17)(H,18,19)(H,20,21). The van der Waals surface area contributed by atoms with Crippen LogP contribution in [0.15, 0.2) is 30.6 Å². The summed E-state index contributed by atoms with van der Waals surface area (Å²) >= 11 is 0. The van der Waals surface area contributed by atoms with Gasteiger partial charge in [-0.05, 0) is 31.4 Å². The molecule has 7 nitrogen and oxygen atoms in total. The van der Waals surface area contributed by atoms with E-state index in [9.17, 15) is 9.59 Å². The number of aromatic amines is 1. The third-order valence-electron chi connectivity index (χ3n) is 3.72. The van der Waals surface area contributed by atoms with Gasteiger partial charge in [0.1, 0.15) is 17.2 Å². The fourth-order valence-electron chi connectivity index (χ4n) is 2.40. The molecular weight excluding hydrogens is 272 g/mol. The zero-order chi connectivity index (χ0) is 14.9. The van der Waals surface area contributed by atoms with Gasteiger partial charge in [0.25, 0.3) is 5.91 Å². The van der Waals surface area contributed by atoms with Crippen LogP contribution in [0.2, 0.25) is 0 Å². The maximum absolute atomic E-state index is 12.2. The number of carbonyl (C=O) groups excluding carboxylic acids is 1. The normalized spacial score (nSPS) is 16.0. The number of H-pyrrole nitrogens is 1. The molecular formula is C14H14N4O3. The minimum Gasteiger partial charge on any atom is -0.477 e. The minimum absolute atomic E-state index is 0.0170. The van der Waals surface area contributed by atoms with Gasteiger partial charge in [0.15, 0.2) is 0 Å². The Bertz CT molecular complexity index is 677. The lowest BCUT2D eigenvalue weighted by atomic mass is 9.76. The van der Waals surface area contributed by atoms with E-state index in [-0.39, 0.29) is 11.6 Å². The van der Waals surface area contributed by atoms with Crippen molar-refractivity contribution in [1.82, 2.24) is 20.3 Å². The number of rotatable bonds is 4. The lowest BCUT2D eigenvalue weighted by molar-refractivity contribution is 0.0690. The molecule has 1 fully saturated rings. The van der Waals surface area contributed by atoms with E-state index in [1.165, 1.54) is 6.20 Å². The van der Waals surface area contributed by atoms with Crippen molar-refractivity contribution in [3.8, 4) is 0 Å². The number of aromatic carboxylic acids is 1. The van der Waals surface area contributed by atoms with Gasteiger partial charge in [-0.1, -0.05) is 6.07 Å². The smallest absolute Gasteiger partial charge is 0.353 e. The molecule has 0 atom stereocenters. The SMILES string of the molecule is O=C(NC1(c2ncc(C(=O)O)[nH]2)CCC1)c1ccccn1. The molecule has 1 aliphatic rings. The van der Waals surface area contributed by atoms with Crippen LogP contribution in [0.3, 0.4) is 0 Å². The van der Waals surface area contributed by atoms with Gasteiger partial charge in [0, 0.05) is 6.20 Å². The Hall–Kier alpha value is -2.70. The van der Waals surface area contributed by atoms with Crippen LogP contribution in [0, 0.1) is 0 Å². The first-order chi connectivity index (χ1) is 10.1. The number of carboxylic acids is 1. The van der Waals surface area contributed by atoms with Gasteiger partial charge in [-0.15, -0.1) is 0 Å². The van der Waals surface area contributed by atoms with Crippen molar-refractivity contribution in [2.75, 3.05) is 0 Å². The number of pyridine rings is 1. The predicted molar refractivity (Wildman–Crippen MR) is 72.8 cm³/mol. The van der Waals surface area contributed by atoms with Crippen LogP contribution in [-0.4, -0.2) is 31.9 Å². The fraction of sp³-hybridized carbons (Fsp3) is 0.286. The number of hydrogen-bond donors (Lipinski definition) is 3. The van der Waals surface area contributed by atoms with E-state index >= 15 is 0 Å². The lowest BCUT2D eigenvalue weighted by Gasteiger charge is -2.40. The molecule has 7 heteroatoms. The van der Waals surface area contributed by atoms with Crippen LogP contribution in [0.4, 0.5) is 0 Å². The van der Waals surface area contributed by atoms with Crippen LogP contribution in [0.1, 0.15) is 46.1 Å². The third-order valence-corrected chi connectivity index (χ3v) is 3.72. The Balaban J connectivity index is 1.83. The van der Waals surface area contributed by atoms with E-state index in [1.807, 2.05) is 0 Å². The monoisotopic (exact) mass is 286 g/mol. The molecule has 0 aromatic carbocycles. The van der Waals surface area contributed by atoms with Crippen molar-refractivity contribution in [3.05, 3.63) is 47.8 Å². The number of hydrogen-bond acceptors (Lipinski definition) is 4. The van der Waals surface area contributed by atoms with Gasteiger partial charge in [0.2, 0.25) is 0 Å². The average Bonchev–Trinajstić information content (AvgIpc) is 2.93. The van der Waals surface area contributed by atoms with Gasteiger partial charge in [-0.2, -0.15) is 0 Å². The highest BCUT2D eigenvalue weighted by molar-refractivity contribution is 5.92. The highest BCUT2D eigenvalue weighted by Crippen LogP contribution is 2.39. The molecule has 0 aliphatic heterocycles. The second-order valence-corrected chi connectivity index (χ2v) is 5.06. The number of aromatic nitrogens is 3. The summed E-state index contributed by atoms with van der Waals surface area (Å²) in [5.41, 5.74) is -0.278. The fourth-order valence-corrected chi connectivity index (χ4v) is 2.40. The highest BCUT2D eigenvalue weighted by Gasteiger charge is 2.43. The summed E-state index contributed by atoms with van der Waals surface area (Å²) in [6.07, 6.45) is 5.21. The van der Waals surface area contributed by atoms with E-state index in [1.54, 1.807) is 24.4 Å². The second kappa shape index (κ2) is 5.01. The molecule has 1 aliphatic carbocycles. The van der Waals surface area contributed by atoms with Crippen molar-refractivity contribution in [2.24, 2.45) is 0 Å². The van der Waals surface area contributed by atoms with Crippen LogP contribution in [-0.2, 0) is 5.54 Å². The quantitative estimate of drug-likeness (QED) is 0.785. The van der Waals surface area contributed by atoms with E-state index in [0.717, 1.165) is 19.3 Å². The molecule has 2 aromatic rings. The Morgan fingerprint density at radius 2 is 2.10 bits per heavy atom. The third kappa shape index (κ3) is 2.37. The molecule has 3 rings (SSSR count). The summed E-state index contributed by atoms with van der Waals surface area (Å²) in [6.45, 7) is 0. The van der Waals surface area contributed by atoms with Crippen LogP contribution < -0.4 is 5.32 Å². The first kappa shape index (κ1) is 13.3. The first-order valence-corrected chi connectivity index (χ1v) is 6.63. The van der Waals surface area contributed by atoms with Gasteiger partial charge < -0.3 is 15.4 Å². The summed E-state index contributed by atoms with van der Waals surface area (Å²) in [4.78, 5) is 34.0. The molecule has 2 heterocycles. The van der Waals surface area contributed by atoms with E-state index in [2.05, 4.69) is 20.3 Å². The van der Waals surface area contributed by atoms with Crippen molar-refractivity contribution in [3.63, 3.8) is 0 Å². The minimum atomic E-state index is -1.07. The lowest BCUT2D eigenvalue weighted by Crippen LogP contribution is -2.51. The van der Waals surface area contributed by atoms with Crippen LogP contribution in [0.25, 0.3) is 0 Å². The number of nitrogens with one attached hydrogen (secondary N) is 2. The molecule has 0 unspecified atom stereocenters. The van der Waals surface area contributed by atoms with Gasteiger partial charge in [0.05, 0.1) is 11.7 Å². The topological polar surface area (TPSA) is 108 Å². The number of amides is 1. The van der Waals surface area contributed by atoms with E-state index < -0.39 is 11.5 Å². The molecule has 0 bridgehead atoms. The molecule has 2 aromatic heterocycles. The van der Waals surface area contributed by atoms with E-state index in [0.29, 0.717) is 11.5 Å². The Kier molecular flexibility index (Phi) is 3.17. The molecule has 1 saturated carbocycles. The Morgan fingerprint density at radius 1 is 1.29 bits per heavy atom. The zero-order valence-electron chi connectivity index (χ0n) is 11.2. The number of carboxylic acid groups (broad SMARTS) is 1. The summed E-state index contributed by atoms with van der Waals surface area (Å²) in [5, 5.41) is 11.9. The van der Waals surface area contributed by atoms with Gasteiger partial charge >= 0.3 is 5.97 Å². The van der Waals surface area contributed by atoms with E-state index in [4.69, 9.17) is 5.11 Å². The predicted octanol–water partition coefficient (Wildman–Crippen LogP) is 1.31. The molecule has 0 radical (unpaired) electrons. The number of carbonyl (C=O) groups is 2. The van der Waals surface area contributed by atoms with Gasteiger partial charge in [-0.25, -0.2) is 9.78 Å². The Labute approximate surface area is 120 Å². The summed E-state index contributed by atoms with van der Waals surface area (Å²) in [5.74, 6) is -0.877. The highest BCUT2D eigenvalue weighted by atomic mass is 16.4. The maximum atomic E-state index is 12.2. The molecule has 108 valence electrons. The number of nitrogens with zero attached hydrogens (tertiary/aromatic N) is 2. The molecule has 21 heavy (non-hydrogen) atoms. The van der Waals surface area contributed by atoms with Crippen molar-refractivity contribution >= 4 is 11.9 Å². The largest absolute Gasteiger partial charge is 0.477 e. The summed E-state index contributed by atoms with van der Waals surface area (Å²) in [7, 11) is 0. The second-order valence-electron chi connectivity index (χ2n) is 5.06. The first-order valence-electron chi connectivity index (χ1n) is 6.63. The molecule has 0 saturated heterocycles. The summed E-state index contributed by atoms with van der Waals surface area (Å²) < 4.78 is 0.